The molecule has 0 unspecified atom stereocenters. The molecule has 0 spiro atoms. The molecule has 0 aromatic heterocycles. The van der Waals surface area contributed by atoms with Crippen molar-refractivity contribution in [3.63, 3.8) is 0 Å². The Labute approximate surface area is 214 Å². The molecule has 11 nitrogen and oxygen atoms in total. The van der Waals surface area contributed by atoms with Crippen molar-refractivity contribution in [3.8, 4) is 0 Å². The predicted molar refractivity (Wildman–Crippen MR) is 120 cm³/mol. The average Bonchev–Trinajstić information content (AvgIpc) is 2.88. The van der Waals surface area contributed by atoms with Crippen LogP contribution < -0.4 is 0 Å². The van der Waals surface area contributed by atoms with Crippen LogP contribution in [-0.4, -0.2) is 64.5 Å². The number of azide groups is 1. The van der Waals surface area contributed by atoms with Crippen LogP contribution in [0, 0.1) is 0 Å². The van der Waals surface area contributed by atoms with Crippen molar-refractivity contribution in [3.05, 3.63) is 82.2 Å². The average molecular weight is 563 g/mol. The van der Waals surface area contributed by atoms with Crippen molar-refractivity contribution in [2.24, 2.45) is 5.11 Å². The molecule has 0 N–H and O–H groups in total. The summed E-state index contributed by atoms with van der Waals surface area (Å²) in [5, 5.41) is 3.31. The van der Waals surface area contributed by atoms with Crippen LogP contribution in [0.1, 0.15) is 15.9 Å². The van der Waals surface area contributed by atoms with Crippen molar-refractivity contribution >= 4 is 16.4 Å². The fraction of sp³-hybridized carbons (Fsp3) is 0.409. The lowest BCUT2D eigenvalue weighted by molar-refractivity contribution is -0.236. The largest absolute Gasteiger partial charge is 0.455 e. The molecule has 16 heteroatoms. The minimum atomic E-state index is -5.20. The van der Waals surface area contributed by atoms with E-state index in [1.807, 2.05) is 0 Å². The van der Waals surface area contributed by atoms with E-state index in [9.17, 15) is 30.8 Å². The second-order valence-corrected chi connectivity index (χ2v) is 9.08. The van der Waals surface area contributed by atoms with E-state index in [-0.39, 0.29) is 12.2 Å². The van der Waals surface area contributed by atoms with Gasteiger partial charge in [0.25, 0.3) is 0 Å². The third-order valence-electron chi connectivity index (χ3n) is 5.07. The molecule has 1 aliphatic heterocycles. The Morgan fingerprint density at radius 2 is 1.66 bits per heavy atom. The maximum Gasteiger partial charge on any atom is 0.413 e. The summed E-state index contributed by atoms with van der Waals surface area (Å²) < 4.78 is 100. The highest BCUT2D eigenvalue weighted by molar-refractivity contribution is 7.81. The van der Waals surface area contributed by atoms with Crippen LogP contribution in [0.15, 0.2) is 65.8 Å². The lowest BCUT2D eigenvalue weighted by Crippen LogP contribution is -2.59. The van der Waals surface area contributed by atoms with E-state index in [1.165, 1.54) is 24.3 Å². The molecule has 206 valence electrons. The molecule has 0 saturated carbocycles. The summed E-state index contributed by atoms with van der Waals surface area (Å²) in [6, 6.07) is 14.2. The van der Waals surface area contributed by atoms with Gasteiger partial charge < -0.3 is 14.2 Å². The van der Waals surface area contributed by atoms with Crippen molar-refractivity contribution in [2.75, 3.05) is 13.2 Å². The van der Waals surface area contributed by atoms with Crippen molar-refractivity contribution in [2.45, 2.75) is 43.5 Å². The summed E-state index contributed by atoms with van der Waals surface area (Å²) >= 11 is 0. The Hall–Kier alpha value is -3.27. The standard InChI is InChI=1S/C22H21F4N3O8S/c23-20-17(28-29-27)19(37-21(30)15-9-5-2-6-10-15)18(33-11-14-7-3-1-4-8-14)16(36-20)12-34-38(31,32)35-13-22(24,25)26/h1-10,16-20H,11-13H2/t16-,17-,18+,19-,20+/m1/s1. The van der Waals surface area contributed by atoms with Gasteiger partial charge in [-0.1, -0.05) is 53.6 Å². The monoisotopic (exact) mass is 563 g/mol. The van der Waals surface area contributed by atoms with Gasteiger partial charge in [0.1, 0.15) is 24.4 Å². The lowest BCUT2D eigenvalue weighted by Gasteiger charge is -2.41. The first-order chi connectivity index (χ1) is 18.0. The maximum absolute atomic E-state index is 14.9. The highest BCUT2D eigenvalue weighted by Gasteiger charge is 2.50. The minimum absolute atomic E-state index is 0.0619. The summed E-state index contributed by atoms with van der Waals surface area (Å²) in [7, 11) is -5.20. The molecule has 0 amide bonds. The molecular formula is C22H21F4N3O8S. The summed E-state index contributed by atoms with van der Waals surface area (Å²) in [6.45, 7) is -3.42. The fourth-order valence-corrected chi connectivity index (χ4v) is 4.03. The van der Waals surface area contributed by atoms with E-state index in [2.05, 4.69) is 18.4 Å². The number of esters is 1. The zero-order chi connectivity index (χ0) is 27.8. The van der Waals surface area contributed by atoms with Crippen LogP contribution in [0.4, 0.5) is 17.6 Å². The van der Waals surface area contributed by atoms with Crippen molar-refractivity contribution < 1.29 is 53.4 Å². The van der Waals surface area contributed by atoms with Crippen LogP contribution in [0.2, 0.25) is 0 Å². The third kappa shape index (κ3) is 8.65. The fourth-order valence-electron chi connectivity index (χ4n) is 3.39. The van der Waals surface area contributed by atoms with Gasteiger partial charge in [0, 0.05) is 4.91 Å². The second-order valence-electron chi connectivity index (χ2n) is 7.79. The smallest absolute Gasteiger partial charge is 0.413 e. The van der Waals surface area contributed by atoms with Gasteiger partial charge >= 0.3 is 22.5 Å². The van der Waals surface area contributed by atoms with E-state index in [4.69, 9.17) is 19.7 Å². The number of halogens is 4. The summed E-state index contributed by atoms with van der Waals surface area (Å²) in [4.78, 5) is 15.3. The third-order valence-corrected chi connectivity index (χ3v) is 5.90. The zero-order valence-corrected chi connectivity index (χ0v) is 20.1. The molecule has 5 atom stereocenters. The SMILES string of the molecule is [N-]=[N+]=N[C@@H]1[C@@H](OC(=O)c2ccccc2)[C@@H](OCc2ccccc2)[C@@H](COS(=O)(=O)OCC(F)(F)F)O[C@@H]1F. The van der Waals surface area contributed by atoms with Gasteiger partial charge in [-0.05, 0) is 23.2 Å². The summed E-state index contributed by atoms with van der Waals surface area (Å²) in [6.07, 6.45) is -12.2. The number of carbonyl (C=O) groups excluding carboxylic acids is 1. The van der Waals surface area contributed by atoms with E-state index in [0.717, 1.165) is 0 Å². The Morgan fingerprint density at radius 3 is 2.26 bits per heavy atom. The number of nitrogens with zero attached hydrogens (tertiary/aromatic N) is 3. The number of rotatable bonds is 11. The molecule has 1 saturated heterocycles. The molecule has 2 aromatic carbocycles. The number of benzene rings is 2. The second kappa shape index (κ2) is 13.0. The van der Waals surface area contributed by atoms with Gasteiger partial charge in [-0.2, -0.15) is 21.6 Å². The summed E-state index contributed by atoms with van der Waals surface area (Å²) in [5.74, 6) is -0.947. The van der Waals surface area contributed by atoms with Gasteiger partial charge in [-0.3, -0.25) is 0 Å². The summed E-state index contributed by atoms with van der Waals surface area (Å²) in [5.41, 5.74) is 9.61. The molecule has 1 fully saturated rings. The molecule has 0 aliphatic carbocycles. The first-order valence-electron chi connectivity index (χ1n) is 10.8. The van der Waals surface area contributed by atoms with E-state index < -0.39 is 66.5 Å². The predicted octanol–water partition coefficient (Wildman–Crippen LogP) is 4.01. The van der Waals surface area contributed by atoms with Gasteiger partial charge in [0.2, 0.25) is 6.36 Å². The van der Waals surface area contributed by atoms with Crippen LogP contribution in [0.25, 0.3) is 10.4 Å². The number of alkyl halides is 4. The van der Waals surface area contributed by atoms with Crippen LogP contribution in [-0.2, 0) is 39.6 Å². The Morgan fingerprint density at radius 1 is 1.03 bits per heavy atom. The Balaban J connectivity index is 1.87. The number of hydrogen-bond acceptors (Lipinski definition) is 9. The van der Waals surface area contributed by atoms with E-state index >= 15 is 0 Å². The minimum Gasteiger partial charge on any atom is -0.455 e. The molecule has 0 radical (unpaired) electrons. The molecule has 1 aliphatic rings. The highest BCUT2D eigenvalue weighted by atomic mass is 32.3. The number of carbonyl (C=O) groups is 1. The topological polar surface area (TPSA) is 146 Å². The van der Waals surface area contributed by atoms with Gasteiger partial charge in [-0.25, -0.2) is 17.6 Å². The van der Waals surface area contributed by atoms with Gasteiger partial charge in [-0.15, -0.1) is 0 Å². The molecule has 2 aromatic rings. The lowest BCUT2D eigenvalue weighted by atomic mass is 9.97. The molecule has 38 heavy (non-hydrogen) atoms. The quantitative estimate of drug-likeness (QED) is 0.131. The highest BCUT2D eigenvalue weighted by Crippen LogP contribution is 2.31. The van der Waals surface area contributed by atoms with E-state index in [1.54, 1.807) is 36.4 Å². The van der Waals surface area contributed by atoms with E-state index in [0.29, 0.717) is 5.56 Å². The maximum atomic E-state index is 14.9. The first-order valence-corrected chi connectivity index (χ1v) is 12.2. The van der Waals surface area contributed by atoms with Gasteiger partial charge in [0.05, 0.1) is 18.8 Å². The number of hydrogen-bond donors (Lipinski definition) is 0. The number of ether oxygens (including phenoxy) is 3. The molecule has 1 heterocycles. The zero-order valence-electron chi connectivity index (χ0n) is 19.3. The van der Waals surface area contributed by atoms with Crippen molar-refractivity contribution in [1.29, 1.82) is 0 Å². The Kier molecular flexibility index (Phi) is 10.0. The van der Waals surface area contributed by atoms with Crippen molar-refractivity contribution in [1.82, 2.24) is 0 Å². The Bertz CT molecular complexity index is 1210. The molecular weight excluding hydrogens is 542 g/mol. The normalized spacial score (nSPS) is 23.8. The van der Waals surface area contributed by atoms with Crippen LogP contribution >= 0.6 is 0 Å². The molecule has 0 bridgehead atoms. The first kappa shape index (κ1) is 29.3. The van der Waals surface area contributed by atoms with Gasteiger partial charge in [0.15, 0.2) is 6.61 Å². The van der Waals surface area contributed by atoms with Crippen LogP contribution in [0.5, 0.6) is 0 Å². The van der Waals surface area contributed by atoms with Crippen LogP contribution in [0.3, 0.4) is 0 Å². The molecule has 3 rings (SSSR count).